The van der Waals surface area contributed by atoms with E-state index in [0.29, 0.717) is 0 Å². The molecule has 0 aliphatic carbocycles. The molecule has 1 rings (SSSR count). The van der Waals surface area contributed by atoms with E-state index in [1.54, 1.807) is 11.8 Å². The third-order valence-electron chi connectivity index (χ3n) is 2.47. The van der Waals surface area contributed by atoms with Gasteiger partial charge in [0.25, 0.3) is 0 Å². The van der Waals surface area contributed by atoms with Crippen LogP contribution in [-0.2, 0) is 6.42 Å². The number of hydrogen-bond donors (Lipinski definition) is 1. The lowest BCUT2D eigenvalue weighted by Gasteiger charge is -2.11. The summed E-state index contributed by atoms with van der Waals surface area (Å²) in [6, 6.07) is 8.33. The minimum atomic E-state index is -0.297. The first-order valence-electron chi connectivity index (χ1n) is 5.53. The summed E-state index contributed by atoms with van der Waals surface area (Å²) in [7, 11) is 0. The molecule has 1 atom stereocenters. The van der Waals surface area contributed by atoms with Crippen LogP contribution < -0.4 is 0 Å². The smallest absolute Gasteiger partial charge is 0.0798 e. The van der Waals surface area contributed by atoms with Crippen molar-refractivity contribution in [1.82, 2.24) is 0 Å². The zero-order valence-electron chi connectivity index (χ0n) is 9.57. The topological polar surface area (TPSA) is 20.2 Å². The number of aliphatic hydroxyl groups is 1. The summed E-state index contributed by atoms with van der Waals surface area (Å²) >= 11 is 1.78. The Balaban J connectivity index is 2.62. The van der Waals surface area contributed by atoms with E-state index in [2.05, 4.69) is 25.3 Å². The summed E-state index contributed by atoms with van der Waals surface area (Å²) in [4.78, 5) is 0. The van der Waals surface area contributed by atoms with Crippen LogP contribution in [0.1, 0.15) is 37.0 Å². The second-order valence-electron chi connectivity index (χ2n) is 3.79. The van der Waals surface area contributed by atoms with E-state index in [9.17, 15) is 5.11 Å². The van der Waals surface area contributed by atoms with Gasteiger partial charge in [-0.05, 0) is 36.0 Å². The molecule has 0 heterocycles. The minimum Gasteiger partial charge on any atom is -0.388 e. The van der Waals surface area contributed by atoms with Crippen molar-refractivity contribution in [2.45, 2.75) is 32.3 Å². The molecule has 1 N–H and O–H groups in total. The van der Waals surface area contributed by atoms with Gasteiger partial charge in [0.15, 0.2) is 0 Å². The lowest BCUT2D eigenvalue weighted by Crippen LogP contribution is -1.99. The third-order valence-corrected chi connectivity index (χ3v) is 3.11. The zero-order valence-corrected chi connectivity index (χ0v) is 10.4. The molecule has 0 fully saturated rings. The second-order valence-corrected chi connectivity index (χ2v) is 4.78. The van der Waals surface area contributed by atoms with Crippen molar-refractivity contribution in [3.05, 3.63) is 35.4 Å². The molecule has 1 aromatic carbocycles. The fourth-order valence-corrected chi connectivity index (χ4v) is 2.10. The van der Waals surface area contributed by atoms with Crippen molar-refractivity contribution in [3.63, 3.8) is 0 Å². The molecule has 84 valence electrons. The molecule has 0 aliphatic rings. The van der Waals surface area contributed by atoms with E-state index in [4.69, 9.17) is 0 Å². The van der Waals surface area contributed by atoms with Crippen molar-refractivity contribution in [2.24, 2.45) is 0 Å². The highest BCUT2D eigenvalue weighted by Crippen LogP contribution is 2.19. The number of aliphatic hydroxyl groups excluding tert-OH is 1. The maximum atomic E-state index is 9.93. The number of benzene rings is 1. The van der Waals surface area contributed by atoms with Crippen molar-refractivity contribution in [1.29, 1.82) is 0 Å². The predicted octanol–water partition coefficient (Wildman–Crippen LogP) is 3.43. The van der Waals surface area contributed by atoms with E-state index in [-0.39, 0.29) is 6.10 Å². The quantitative estimate of drug-likeness (QED) is 0.799. The monoisotopic (exact) mass is 224 g/mol. The SMILES string of the molecule is CCCc1cccc(C(O)CCSC)c1. The first-order valence-corrected chi connectivity index (χ1v) is 6.93. The zero-order chi connectivity index (χ0) is 11.1. The van der Waals surface area contributed by atoms with Crippen LogP contribution in [0.4, 0.5) is 0 Å². The highest BCUT2D eigenvalue weighted by atomic mass is 32.2. The third kappa shape index (κ3) is 4.27. The molecule has 0 aromatic heterocycles. The lowest BCUT2D eigenvalue weighted by molar-refractivity contribution is 0.175. The van der Waals surface area contributed by atoms with Crippen LogP contribution in [0.25, 0.3) is 0 Å². The Morgan fingerprint density at radius 1 is 1.40 bits per heavy atom. The van der Waals surface area contributed by atoms with Crippen molar-refractivity contribution in [3.8, 4) is 0 Å². The van der Waals surface area contributed by atoms with Gasteiger partial charge in [-0.25, -0.2) is 0 Å². The molecule has 2 heteroatoms. The molecule has 1 unspecified atom stereocenters. The van der Waals surface area contributed by atoms with Gasteiger partial charge in [0.1, 0.15) is 0 Å². The number of rotatable bonds is 6. The van der Waals surface area contributed by atoms with Gasteiger partial charge in [0.2, 0.25) is 0 Å². The standard InChI is InChI=1S/C13H20OS/c1-3-5-11-6-4-7-12(10-11)13(14)8-9-15-2/h4,6-7,10,13-14H,3,5,8-9H2,1-2H3. The van der Waals surface area contributed by atoms with Gasteiger partial charge in [-0.15, -0.1) is 0 Å². The van der Waals surface area contributed by atoms with Crippen LogP contribution in [0.15, 0.2) is 24.3 Å². The van der Waals surface area contributed by atoms with Crippen LogP contribution in [-0.4, -0.2) is 17.1 Å². The highest BCUT2D eigenvalue weighted by molar-refractivity contribution is 7.98. The largest absolute Gasteiger partial charge is 0.388 e. The number of hydrogen-bond acceptors (Lipinski definition) is 2. The van der Waals surface area contributed by atoms with E-state index >= 15 is 0 Å². The van der Waals surface area contributed by atoms with Crippen molar-refractivity contribution < 1.29 is 5.11 Å². The van der Waals surface area contributed by atoms with Crippen molar-refractivity contribution >= 4 is 11.8 Å². The van der Waals surface area contributed by atoms with Gasteiger partial charge in [0, 0.05) is 0 Å². The highest BCUT2D eigenvalue weighted by Gasteiger charge is 2.06. The normalized spacial score (nSPS) is 12.7. The molecule has 0 spiro atoms. The van der Waals surface area contributed by atoms with E-state index in [1.807, 2.05) is 12.1 Å². The molecule has 0 amide bonds. The lowest BCUT2D eigenvalue weighted by atomic mass is 10.0. The first-order chi connectivity index (χ1) is 7.27. The Labute approximate surface area is 96.9 Å². The molecular formula is C13H20OS. The molecule has 0 bridgehead atoms. The average Bonchev–Trinajstić information content (AvgIpc) is 2.27. The molecule has 0 radical (unpaired) electrons. The first kappa shape index (κ1) is 12.6. The Hall–Kier alpha value is -0.470. The fraction of sp³-hybridized carbons (Fsp3) is 0.538. The van der Waals surface area contributed by atoms with Gasteiger partial charge in [-0.1, -0.05) is 37.6 Å². The summed E-state index contributed by atoms with van der Waals surface area (Å²) in [5.74, 6) is 1.01. The van der Waals surface area contributed by atoms with Crippen LogP contribution >= 0.6 is 11.8 Å². The molecule has 0 aliphatic heterocycles. The maximum Gasteiger partial charge on any atom is 0.0798 e. The van der Waals surface area contributed by atoms with Crippen LogP contribution in [0, 0.1) is 0 Å². The van der Waals surface area contributed by atoms with Gasteiger partial charge in [-0.3, -0.25) is 0 Å². The molecule has 15 heavy (non-hydrogen) atoms. The van der Waals surface area contributed by atoms with Gasteiger partial charge < -0.3 is 5.11 Å². The number of thioether (sulfide) groups is 1. The molecule has 0 saturated heterocycles. The fourth-order valence-electron chi connectivity index (χ4n) is 1.64. The van der Waals surface area contributed by atoms with Crippen LogP contribution in [0.3, 0.4) is 0 Å². The Bertz CT molecular complexity index is 286. The summed E-state index contributed by atoms with van der Waals surface area (Å²) in [6.07, 6.45) is 4.87. The number of aryl methyl sites for hydroxylation is 1. The van der Waals surface area contributed by atoms with Gasteiger partial charge in [0.05, 0.1) is 6.10 Å². The van der Waals surface area contributed by atoms with E-state index in [0.717, 1.165) is 30.6 Å². The van der Waals surface area contributed by atoms with Crippen LogP contribution in [0.5, 0.6) is 0 Å². The second kappa shape index (κ2) is 6.91. The Morgan fingerprint density at radius 2 is 2.20 bits per heavy atom. The minimum absolute atomic E-state index is 0.297. The summed E-state index contributed by atoms with van der Waals surface area (Å²) in [5.41, 5.74) is 2.40. The van der Waals surface area contributed by atoms with Gasteiger partial charge in [-0.2, -0.15) is 11.8 Å². The Kier molecular flexibility index (Phi) is 5.81. The maximum absolute atomic E-state index is 9.93. The molecule has 1 nitrogen and oxygen atoms in total. The van der Waals surface area contributed by atoms with E-state index in [1.165, 1.54) is 5.56 Å². The summed E-state index contributed by atoms with van der Waals surface area (Å²) < 4.78 is 0. The average molecular weight is 224 g/mol. The predicted molar refractivity (Wildman–Crippen MR) is 68.4 cm³/mol. The Morgan fingerprint density at radius 3 is 2.87 bits per heavy atom. The van der Waals surface area contributed by atoms with Gasteiger partial charge >= 0.3 is 0 Å². The van der Waals surface area contributed by atoms with Crippen LogP contribution in [0.2, 0.25) is 0 Å². The summed E-state index contributed by atoms with van der Waals surface area (Å²) in [5, 5.41) is 9.93. The molecule has 1 aromatic rings. The van der Waals surface area contributed by atoms with E-state index < -0.39 is 0 Å². The van der Waals surface area contributed by atoms with Crippen molar-refractivity contribution in [2.75, 3.05) is 12.0 Å². The summed E-state index contributed by atoms with van der Waals surface area (Å²) in [6.45, 7) is 2.18. The molecule has 0 saturated carbocycles. The molecular weight excluding hydrogens is 204 g/mol.